The summed E-state index contributed by atoms with van der Waals surface area (Å²) in [5.41, 5.74) is 4.54. The zero-order valence-corrected chi connectivity index (χ0v) is 7.35. The number of nitrogens with one attached hydrogen (secondary N) is 2. The van der Waals surface area contributed by atoms with Gasteiger partial charge in [-0.2, -0.15) is 20.3 Å². The van der Waals surface area contributed by atoms with Crippen LogP contribution in [-0.2, 0) is 24.4 Å². The summed E-state index contributed by atoms with van der Waals surface area (Å²) in [6.07, 6.45) is 0. The fraction of sp³-hybridized carbons (Fsp3) is 1.00. The maximum Gasteiger partial charge on any atom is 0.153 e. The van der Waals surface area contributed by atoms with Gasteiger partial charge in [-0.1, -0.05) is 5.64 Å². The Morgan fingerprint density at radius 3 is 3.08 bits per heavy atom. The van der Waals surface area contributed by atoms with E-state index in [4.69, 9.17) is 19.6 Å². The molecule has 0 atom stereocenters. The topological polar surface area (TPSA) is 76.7 Å². The van der Waals surface area contributed by atoms with E-state index in [0.717, 1.165) is 10.5 Å². The van der Waals surface area contributed by atoms with E-state index in [1.54, 1.807) is 0 Å². The fourth-order valence-electron chi connectivity index (χ4n) is 0.561. The summed E-state index contributed by atoms with van der Waals surface area (Å²) in [6.45, 7) is 0.165. The highest BCUT2D eigenvalue weighted by molar-refractivity contribution is 4.08. The number of hydrogen-bond acceptors (Lipinski definition) is 9. The van der Waals surface area contributed by atoms with Gasteiger partial charge in [0.1, 0.15) is 6.73 Å². The smallest absolute Gasteiger partial charge is 0.153 e. The van der Waals surface area contributed by atoms with Crippen molar-refractivity contribution in [2.45, 2.75) is 0 Å². The summed E-state index contributed by atoms with van der Waals surface area (Å²) in [5.74, 6) is 0. The Labute approximate surface area is 74.7 Å². The largest absolute Gasteiger partial charge is 0.364 e. The second-order valence-electron chi connectivity index (χ2n) is 1.97. The molecular weight excluding hydrogens is 184 g/mol. The molecule has 9 nitrogen and oxygen atoms in total. The van der Waals surface area contributed by atoms with Crippen molar-refractivity contribution in [3.63, 3.8) is 0 Å². The Kier molecular flexibility index (Phi) is 5.07. The van der Waals surface area contributed by atoms with Gasteiger partial charge in [-0.05, 0) is 5.23 Å². The Morgan fingerprint density at radius 1 is 1.46 bits per heavy atom. The summed E-state index contributed by atoms with van der Waals surface area (Å²) < 4.78 is 4.74. The molecule has 1 aliphatic heterocycles. The molecule has 9 heteroatoms. The third-order valence-corrected chi connectivity index (χ3v) is 0.963. The highest BCUT2D eigenvalue weighted by Gasteiger charge is 2.12. The van der Waals surface area contributed by atoms with Crippen LogP contribution in [0, 0.1) is 0 Å². The molecule has 1 rings (SSSR count). The molecule has 78 valence electrons. The number of hydroxylamine groups is 5. The molecule has 1 fully saturated rings. The fourth-order valence-corrected chi connectivity index (χ4v) is 0.561. The van der Waals surface area contributed by atoms with E-state index in [1.807, 2.05) is 0 Å². The van der Waals surface area contributed by atoms with Crippen LogP contribution in [0.2, 0.25) is 0 Å². The molecule has 0 aromatic heterocycles. The zero-order chi connectivity index (χ0) is 9.52. The Hall–Kier alpha value is -0.360. The molecule has 0 saturated carbocycles. The summed E-state index contributed by atoms with van der Waals surface area (Å²) in [7, 11) is 3.00. The van der Waals surface area contributed by atoms with E-state index in [-0.39, 0.29) is 13.5 Å². The Bertz CT molecular complexity index is 138. The molecule has 0 spiro atoms. The molecule has 0 unspecified atom stereocenters. The lowest BCUT2D eigenvalue weighted by molar-refractivity contribution is -0.553. The van der Waals surface area contributed by atoms with Crippen LogP contribution in [0.5, 0.6) is 0 Å². The Balaban J connectivity index is 2.32. The first kappa shape index (κ1) is 10.7. The quantitative estimate of drug-likeness (QED) is 0.545. The minimum atomic E-state index is 0.0735. The number of rotatable bonds is 2. The summed E-state index contributed by atoms with van der Waals surface area (Å²) in [4.78, 5) is 19.1. The second kappa shape index (κ2) is 6.15. The molecular formula is C4H12N4O5. The minimum Gasteiger partial charge on any atom is -0.364 e. The van der Waals surface area contributed by atoms with Crippen LogP contribution in [0.3, 0.4) is 0 Å². The molecule has 0 aliphatic carbocycles. The molecule has 0 amide bonds. The van der Waals surface area contributed by atoms with Crippen molar-refractivity contribution in [1.82, 2.24) is 21.6 Å². The maximum atomic E-state index is 4.90. The maximum absolute atomic E-state index is 4.90. The summed E-state index contributed by atoms with van der Waals surface area (Å²) >= 11 is 0. The highest BCUT2D eigenvalue weighted by Crippen LogP contribution is 1.95. The first-order valence-electron chi connectivity index (χ1n) is 3.45. The van der Waals surface area contributed by atoms with Crippen LogP contribution < -0.4 is 11.1 Å². The lowest BCUT2D eigenvalue weighted by atomic mass is 11.3. The Morgan fingerprint density at radius 2 is 2.31 bits per heavy atom. The van der Waals surface area contributed by atoms with E-state index < -0.39 is 0 Å². The first-order chi connectivity index (χ1) is 6.33. The molecule has 1 saturated heterocycles. The van der Waals surface area contributed by atoms with Crippen molar-refractivity contribution in [2.75, 3.05) is 27.6 Å². The van der Waals surface area contributed by atoms with Crippen LogP contribution >= 0.6 is 0 Å². The number of ether oxygens (including phenoxy) is 1. The third-order valence-electron chi connectivity index (χ3n) is 0.963. The second-order valence-corrected chi connectivity index (χ2v) is 1.97. The van der Waals surface area contributed by atoms with Gasteiger partial charge in [-0.3, -0.25) is 4.84 Å². The average Bonchev–Trinajstić information content (AvgIpc) is 2.18. The predicted molar refractivity (Wildman–Crippen MR) is 37.0 cm³/mol. The van der Waals surface area contributed by atoms with Crippen molar-refractivity contribution >= 4 is 0 Å². The van der Waals surface area contributed by atoms with Crippen LogP contribution in [0.1, 0.15) is 0 Å². The van der Waals surface area contributed by atoms with Gasteiger partial charge in [0.25, 0.3) is 0 Å². The summed E-state index contributed by atoms with van der Waals surface area (Å²) in [6, 6.07) is 0. The zero-order valence-electron chi connectivity index (χ0n) is 7.35. The lowest BCUT2D eigenvalue weighted by Crippen LogP contribution is -2.37. The van der Waals surface area contributed by atoms with E-state index in [9.17, 15) is 0 Å². The third kappa shape index (κ3) is 4.42. The van der Waals surface area contributed by atoms with Gasteiger partial charge in [0.2, 0.25) is 0 Å². The van der Waals surface area contributed by atoms with Crippen molar-refractivity contribution in [2.24, 2.45) is 0 Å². The lowest BCUT2D eigenvalue weighted by Gasteiger charge is -2.20. The standard InChI is InChI=1S/C4H12N4O5/c1-7-11-5-3-10-6-12-8(13-7)4-9-2/h5-6H,3-4H2,1-2H3. The normalized spacial score (nSPS) is 23.5. The highest BCUT2D eigenvalue weighted by atomic mass is 17.2. The molecule has 1 aliphatic rings. The van der Waals surface area contributed by atoms with Gasteiger partial charge in [0.15, 0.2) is 6.73 Å². The minimum absolute atomic E-state index is 0.0735. The van der Waals surface area contributed by atoms with Gasteiger partial charge in [0.05, 0.1) is 0 Å². The van der Waals surface area contributed by atoms with Crippen molar-refractivity contribution in [3.05, 3.63) is 0 Å². The van der Waals surface area contributed by atoms with E-state index in [2.05, 4.69) is 16.0 Å². The average molecular weight is 196 g/mol. The van der Waals surface area contributed by atoms with Crippen LogP contribution in [0.4, 0.5) is 0 Å². The van der Waals surface area contributed by atoms with Crippen LogP contribution in [0.25, 0.3) is 0 Å². The monoisotopic (exact) mass is 196 g/mol. The number of methoxy groups -OCH3 is 1. The molecule has 0 aromatic carbocycles. The van der Waals surface area contributed by atoms with Crippen molar-refractivity contribution in [3.8, 4) is 0 Å². The number of nitrogens with zero attached hydrogens (tertiary/aromatic N) is 2. The number of hydrogen-bond donors (Lipinski definition) is 2. The summed E-state index contributed by atoms with van der Waals surface area (Å²) in [5, 5.41) is 1.99. The SMILES string of the molecule is COCN1ONOCNON(C)O1. The van der Waals surface area contributed by atoms with Gasteiger partial charge in [-0.15, -0.1) is 0 Å². The molecule has 0 aromatic rings. The van der Waals surface area contributed by atoms with E-state index >= 15 is 0 Å². The van der Waals surface area contributed by atoms with Gasteiger partial charge in [-0.25, -0.2) is 0 Å². The van der Waals surface area contributed by atoms with Gasteiger partial charge in [0, 0.05) is 19.4 Å². The van der Waals surface area contributed by atoms with E-state index in [1.165, 1.54) is 14.2 Å². The molecule has 2 N–H and O–H groups in total. The van der Waals surface area contributed by atoms with Gasteiger partial charge < -0.3 is 4.74 Å². The van der Waals surface area contributed by atoms with Crippen molar-refractivity contribution < 1.29 is 24.4 Å². The van der Waals surface area contributed by atoms with Crippen LogP contribution in [-0.4, -0.2) is 38.1 Å². The predicted octanol–water partition coefficient (Wildman–Crippen LogP) is -1.55. The van der Waals surface area contributed by atoms with Gasteiger partial charge >= 0.3 is 0 Å². The molecule has 13 heavy (non-hydrogen) atoms. The first-order valence-corrected chi connectivity index (χ1v) is 3.45. The van der Waals surface area contributed by atoms with Crippen LogP contribution in [0.15, 0.2) is 0 Å². The molecule has 1 heterocycles. The van der Waals surface area contributed by atoms with E-state index in [0.29, 0.717) is 0 Å². The molecule has 0 bridgehead atoms. The molecule has 0 radical (unpaired) electrons. The van der Waals surface area contributed by atoms with Crippen molar-refractivity contribution in [1.29, 1.82) is 0 Å².